The number of H-pyrrole nitrogens is 1. The van der Waals surface area contributed by atoms with Gasteiger partial charge in [0.1, 0.15) is 5.52 Å². The lowest BCUT2D eigenvalue weighted by Crippen LogP contribution is -2.04. The lowest BCUT2D eigenvalue weighted by molar-refractivity contribution is -0.137. The van der Waals surface area contributed by atoms with Crippen molar-refractivity contribution in [3.63, 3.8) is 0 Å². The second kappa shape index (κ2) is 2.98. The van der Waals surface area contributed by atoms with Gasteiger partial charge < -0.3 is 4.98 Å². The first-order chi connectivity index (χ1) is 6.48. The van der Waals surface area contributed by atoms with Crippen LogP contribution in [0.25, 0.3) is 11.0 Å². The fourth-order valence-corrected chi connectivity index (χ4v) is 1.56. The Morgan fingerprint density at radius 3 is 2.71 bits per heavy atom. The molecule has 0 bridgehead atoms. The lowest BCUT2D eigenvalue weighted by Gasteiger charge is -2.04. The molecule has 6 heteroatoms. The van der Waals surface area contributed by atoms with E-state index >= 15 is 0 Å². The Balaban J connectivity index is 2.63. The van der Waals surface area contributed by atoms with E-state index in [1.807, 2.05) is 0 Å². The van der Waals surface area contributed by atoms with Crippen LogP contribution in [-0.2, 0) is 6.18 Å². The van der Waals surface area contributed by atoms with E-state index in [9.17, 15) is 13.2 Å². The summed E-state index contributed by atoms with van der Waals surface area (Å²) in [7, 11) is 0. The molecule has 0 atom stereocenters. The van der Waals surface area contributed by atoms with E-state index < -0.39 is 11.7 Å². The first kappa shape index (κ1) is 9.51. The van der Waals surface area contributed by atoms with Gasteiger partial charge in [0.25, 0.3) is 0 Å². The molecule has 0 unspecified atom stereocenters. The molecule has 0 aromatic carbocycles. The smallest absolute Gasteiger partial charge is 0.359 e. The first-order valence-corrected chi connectivity index (χ1v) is 4.47. The van der Waals surface area contributed by atoms with Crippen molar-refractivity contribution in [2.75, 3.05) is 0 Å². The molecule has 0 amide bonds. The summed E-state index contributed by atoms with van der Waals surface area (Å²) >= 11 is 3.17. The highest BCUT2D eigenvalue weighted by Crippen LogP contribution is 2.31. The SMILES string of the molecule is FC(F)(F)c1cnc2c(Br)c[nH]c2c1. The summed E-state index contributed by atoms with van der Waals surface area (Å²) in [4.78, 5) is 6.40. The number of nitrogens with one attached hydrogen (secondary N) is 1. The third-order valence-corrected chi connectivity index (χ3v) is 2.40. The molecule has 0 aliphatic rings. The monoisotopic (exact) mass is 264 g/mol. The minimum absolute atomic E-state index is 0.367. The van der Waals surface area contributed by atoms with Crippen molar-refractivity contribution in [2.45, 2.75) is 6.18 Å². The predicted molar refractivity (Wildman–Crippen MR) is 48.8 cm³/mol. The van der Waals surface area contributed by atoms with Crippen molar-refractivity contribution < 1.29 is 13.2 Å². The van der Waals surface area contributed by atoms with Crippen LogP contribution in [-0.4, -0.2) is 9.97 Å². The number of aromatic amines is 1. The third kappa shape index (κ3) is 1.50. The molecule has 2 rings (SSSR count). The van der Waals surface area contributed by atoms with Crippen LogP contribution in [0, 0.1) is 0 Å². The molecule has 0 saturated heterocycles. The van der Waals surface area contributed by atoms with Crippen LogP contribution in [0.15, 0.2) is 22.9 Å². The number of fused-ring (bicyclic) bond motifs is 1. The van der Waals surface area contributed by atoms with Gasteiger partial charge in [-0.1, -0.05) is 0 Å². The second-order valence-corrected chi connectivity index (χ2v) is 3.61. The summed E-state index contributed by atoms with van der Waals surface area (Å²) in [6.07, 6.45) is -1.97. The quantitative estimate of drug-likeness (QED) is 0.777. The van der Waals surface area contributed by atoms with Crippen LogP contribution >= 0.6 is 15.9 Å². The van der Waals surface area contributed by atoms with Crippen LogP contribution in [0.1, 0.15) is 5.56 Å². The minimum Gasteiger partial charge on any atom is -0.359 e. The minimum atomic E-state index is -4.35. The lowest BCUT2D eigenvalue weighted by atomic mass is 10.2. The van der Waals surface area contributed by atoms with Crippen molar-refractivity contribution >= 4 is 27.0 Å². The van der Waals surface area contributed by atoms with E-state index in [4.69, 9.17) is 0 Å². The summed E-state index contributed by atoms with van der Waals surface area (Å²) in [5.74, 6) is 0. The fourth-order valence-electron chi connectivity index (χ4n) is 1.13. The highest BCUT2D eigenvalue weighted by Gasteiger charge is 2.31. The van der Waals surface area contributed by atoms with Gasteiger partial charge in [-0.15, -0.1) is 0 Å². The van der Waals surface area contributed by atoms with Gasteiger partial charge in [-0.3, -0.25) is 4.98 Å². The summed E-state index contributed by atoms with van der Waals surface area (Å²) in [5.41, 5.74) is 0.115. The fraction of sp³-hybridized carbons (Fsp3) is 0.125. The Hall–Kier alpha value is -1.04. The molecule has 0 radical (unpaired) electrons. The average molecular weight is 265 g/mol. The number of hydrogen-bond donors (Lipinski definition) is 1. The Bertz CT molecular complexity index is 475. The van der Waals surface area contributed by atoms with Crippen molar-refractivity contribution in [3.8, 4) is 0 Å². The van der Waals surface area contributed by atoms with E-state index in [0.29, 0.717) is 15.5 Å². The van der Waals surface area contributed by atoms with E-state index in [1.54, 1.807) is 6.20 Å². The van der Waals surface area contributed by atoms with Crippen LogP contribution in [0.2, 0.25) is 0 Å². The Labute approximate surface area is 85.3 Å². The first-order valence-electron chi connectivity index (χ1n) is 3.68. The molecule has 14 heavy (non-hydrogen) atoms. The summed E-state index contributed by atoms with van der Waals surface area (Å²) in [6.45, 7) is 0. The number of halogens is 4. The van der Waals surface area contributed by atoms with Gasteiger partial charge in [-0.2, -0.15) is 13.2 Å². The molecule has 0 spiro atoms. The number of pyridine rings is 1. The van der Waals surface area contributed by atoms with Gasteiger partial charge in [0.05, 0.1) is 15.6 Å². The molecular formula is C8H4BrF3N2. The number of hydrogen-bond acceptors (Lipinski definition) is 1. The maximum Gasteiger partial charge on any atom is 0.417 e. The molecular weight excluding hydrogens is 261 g/mol. The zero-order valence-electron chi connectivity index (χ0n) is 6.69. The van der Waals surface area contributed by atoms with E-state index in [1.165, 1.54) is 0 Å². The highest BCUT2D eigenvalue weighted by molar-refractivity contribution is 9.10. The van der Waals surface area contributed by atoms with Crippen molar-refractivity contribution in [1.82, 2.24) is 9.97 Å². The summed E-state index contributed by atoms with van der Waals surface area (Å²) < 4.78 is 37.4. The van der Waals surface area contributed by atoms with Crippen LogP contribution in [0.4, 0.5) is 13.2 Å². The van der Waals surface area contributed by atoms with Crippen molar-refractivity contribution in [2.24, 2.45) is 0 Å². The Morgan fingerprint density at radius 2 is 2.07 bits per heavy atom. The molecule has 0 saturated carbocycles. The number of nitrogens with zero attached hydrogens (tertiary/aromatic N) is 1. The van der Waals surface area contributed by atoms with Crippen molar-refractivity contribution in [1.29, 1.82) is 0 Å². The number of aromatic nitrogens is 2. The Kier molecular flexibility index (Phi) is 2.02. The largest absolute Gasteiger partial charge is 0.417 e. The average Bonchev–Trinajstić information content (AvgIpc) is 2.46. The van der Waals surface area contributed by atoms with Crippen LogP contribution in [0.3, 0.4) is 0 Å². The van der Waals surface area contributed by atoms with Gasteiger partial charge in [-0.05, 0) is 22.0 Å². The number of alkyl halides is 3. The maximum absolute atomic E-state index is 12.3. The third-order valence-electron chi connectivity index (χ3n) is 1.80. The van der Waals surface area contributed by atoms with Crippen molar-refractivity contribution in [3.05, 3.63) is 28.5 Å². The normalized spacial score (nSPS) is 12.3. The maximum atomic E-state index is 12.3. The molecule has 0 aliphatic heterocycles. The van der Waals surface area contributed by atoms with Gasteiger partial charge in [0, 0.05) is 12.4 Å². The molecule has 1 N–H and O–H groups in total. The topological polar surface area (TPSA) is 28.7 Å². The summed E-state index contributed by atoms with van der Waals surface area (Å²) in [5, 5.41) is 0. The highest BCUT2D eigenvalue weighted by atomic mass is 79.9. The molecule has 2 aromatic rings. The molecule has 0 fully saturated rings. The number of rotatable bonds is 0. The van der Waals surface area contributed by atoms with Crippen LogP contribution < -0.4 is 0 Å². The van der Waals surface area contributed by atoms with Gasteiger partial charge in [0.2, 0.25) is 0 Å². The second-order valence-electron chi connectivity index (χ2n) is 2.75. The van der Waals surface area contributed by atoms with E-state index in [0.717, 1.165) is 12.3 Å². The van der Waals surface area contributed by atoms with Gasteiger partial charge >= 0.3 is 6.18 Å². The zero-order valence-corrected chi connectivity index (χ0v) is 8.28. The van der Waals surface area contributed by atoms with Gasteiger partial charge in [0.15, 0.2) is 0 Å². The molecule has 74 valence electrons. The molecule has 2 nitrogen and oxygen atoms in total. The van der Waals surface area contributed by atoms with E-state index in [-0.39, 0.29) is 0 Å². The molecule has 2 heterocycles. The summed E-state index contributed by atoms with van der Waals surface area (Å²) in [6, 6.07) is 1.03. The van der Waals surface area contributed by atoms with Gasteiger partial charge in [-0.25, -0.2) is 0 Å². The van der Waals surface area contributed by atoms with Crippen LogP contribution in [0.5, 0.6) is 0 Å². The predicted octanol–water partition coefficient (Wildman–Crippen LogP) is 3.34. The molecule has 0 aliphatic carbocycles. The zero-order chi connectivity index (χ0) is 10.3. The Morgan fingerprint density at radius 1 is 1.36 bits per heavy atom. The van der Waals surface area contributed by atoms with E-state index in [2.05, 4.69) is 25.9 Å². The standard InChI is InChI=1S/C8H4BrF3N2/c9-5-3-13-6-1-4(8(10,11)12)2-14-7(5)6/h1-3,13H. The molecule has 2 aromatic heterocycles.